The first-order valence-electron chi connectivity index (χ1n) is 9.09. The van der Waals surface area contributed by atoms with Crippen LogP contribution in [-0.4, -0.2) is 6.71 Å². The minimum absolute atomic E-state index is 0.680. The average Bonchev–Trinajstić information content (AvgIpc) is 2.37. The van der Waals surface area contributed by atoms with Crippen LogP contribution in [0.2, 0.25) is 17.5 Å². The summed E-state index contributed by atoms with van der Waals surface area (Å²) in [6.07, 6.45) is 12.5. The molecular weight excluding hydrogens is 227 g/mol. The molecule has 4 atom stereocenters. The van der Waals surface area contributed by atoms with E-state index in [0.29, 0.717) is 5.41 Å². The van der Waals surface area contributed by atoms with E-state index in [1.165, 1.54) is 0 Å². The molecule has 5 aliphatic rings. The molecule has 2 saturated heterocycles. The first kappa shape index (κ1) is 12.8. The summed E-state index contributed by atoms with van der Waals surface area (Å²) in [6, 6.07) is 0. The summed E-state index contributed by atoms with van der Waals surface area (Å²) in [6.45, 7) is 8.87. The SMILES string of the molecule is C[C@@H]1[C@@H](B2C3CCCC2CCC3)C[C@@H]2C[C@H]1C2(C)C. The van der Waals surface area contributed by atoms with Gasteiger partial charge in [0.25, 0.3) is 0 Å². The fourth-order valence-electron chi connectivity index (χ4n) is 7.12. The molecule has 0 radical (unpaired) electrons. The lowest BCUT2D eigenvalue weighted by atomic mass is 9.18. The highest BCUT2D eigenvalue weighted by Gasteiger charge is 2.59. The lowest BCUT2D eigenvalue weighted by molar-refractivity contribution is -0.0998. The van der Waals surface area contributed by atoms with Crippen molar-refractivity contribution in [2.24, 2.45) is 23.2 Å². The zero-order valence-electron chi connectivity index (χ0n) is 13.2. The zero-order valence-corrected chi connectivity index (χ0v) is 13.2. The van der Waals surface area contributed by atoms with Gasteiger partial charge in [-0.25, -0.2) is 0 Å². The van der Waals surface area contributed by atoms with Gasteiger partial charge in [-0.3, -0.25) is 0 Å². The molecule has 5 rings (SSSR count). The van der Waals surface area contributed by atoms with Crippen LogP contribution in [0.4, 0.5) is 0 Å². The molecule has 5 fully saturated rings. The van der Waals surface area contributed by atoms with Gasteiger partial charge in [-0.1, -0.05) is 83.2 Å². The molecule has 3 aliphatic carbocycles. The van der Waals surface area contributed by atoms with Gasteiger partial charge < -0.3 is 0 Å². The molecule has 0 N–H and O–H groups in total. The molecule has 1 heteroatoms. The smallest absolute Gasteiger partial charge is 0.0626 e. The Morgan fingerprint density at radius 2 is 1.47 bits per heavy atom. The molecule has 0 amide bonds. The third-order valence-corrected chi connectivity index (χ3v) is 8.30. The number of rotatable bonds is 1. The van der Waals surface area contributed by atoms with Gasteiger partial charge in [0.1, 0.15) is 6.71 Å². The first-order chi connectivity index (χ1) is 9.09. The van der Waals surface area contributed by atoms with Crippen molar-refractivity contribution in [2.45, 2.75) is 89.6 Å². The summed E-state index contributed by atoms with van der Waals surface area (Å²) in [5.74, 6) is 6.50. The molecule has 106 valence electrons. The molecule has 0 aromatic rings. The summed E-state index contributed by atoms with van der Waals surface area (Å²) in [5, 5.41) is 0. The fourth-order valence-corrected chi connectivity index (χ4v) is 7.12. The third kappa shape index (κ3) is 1.72. The maximum absolute atomic E-state index is 2.62. The summed E-state index contributed by atoms with van der Waals surface area (Å²) in [7, 11) is 0. The van der Waals surface area contributed by atoms with Gasteiger partial charge in [0, 0.05) is 0 Å². The van der Waals surface area contributed by atoms with Crippen LogP contribution in [0.1, 0.15) is 72.1 Å². The number of hydrogen-bond acceptors (Lipinski definition) is 0. The van der Waals surface area contributed by atoms with E-state index in [-0.39, 0.29) is 0 Å². The van der Waals surface area contributed by atoms with Gasteiger partial charge in [-0.05, 0) is 29.6 Å². The predicted octanol–water partition coefficient (Wildman–Crippen LogP) is 5.66. The minimum Gasteiger partial charge on any atom is -0.0626 e. The van der Waals surface area contributed by atoms with E-state index in [1.54, 1.807) is 51.4 Å². The van der Waals surface area contributed by atoms with Crippen molar-refractivity contribution in [1.82, 2.24) is 0 Å². The van der Waals surface area contributed by atoms with Gasteiger partial charge in [0.15, 0.2) is 0 Å². The largest absolute Gasteiger partial charge is 0.149 e. The van der Waals surface area contributed by atoms with Gasteiger partial charge in [-0.2, -0.15) is 0 Å². The fraction of sp³-hybridized carbons (Fsp3) is 1.00. The Morgan fingerprint density at radius 1 is 0.895 bits per heavy atom. The van der Waals surface area contributed by atoms with Crippen LogP contribution in [-0.2, 0) is 0 Å². The first-order valence-corrected chi connectivity index (χ1v) is 9.09. The maximum atomic E-state index is 2.62. The molecule has 4 bridgehead atoms. The Bertz CT molecular complexity index is 339. The Kier molecular flexibility index (Phi) is 2.88. The van der Waals surface area contributed by atoms with Crippen molar-refractivity contribution >= 4 is 6.71 Å². The van der Waals surface area contributed by atoms with Gasteiger partial charge in [0.2, 0.25) is 0 Å². The van der Waals surface area contributed by atoms with Crippen molar-refractivity contribution in [3.05, 3.63) is 0 Å². The standard InChI is InChI=1S/C18H31B/c1-12-16-10-13(18(16,2)3)11-17(12)19-14-6-4-7-15(19)9-5-8-14/h12-17H,4-11H2,1-3H3/t12-,13-,14?,15?,16+,17-/m0/s1. The molecule has 2 heterocycles. The van der Waals surface area contributed by atoms with Crippen LogP contribution >= 0.6 is 0 Å². The summed E-state index contributed by atoms with van der Waals surface area (Å²) in [4.78, 5) is 0. The minimum atomic E-state index is 0.680. The van der Waals surface area contributed by atoms with E-state index < -0.39 is 0 Å². The lowest BCUT2D eigenvalue weighted by Gasteiger charge is -2.64. The second kappa shape index (κ2) is 4.28. The summed E-state index contributed by atoms with van der Waals surface area (Å²) < 4.78 is 0. The van der Waals surface area contributed by atoms with Gasteiger partial charge in [0.05, 0.1) is 0 Å². The van der Waals surface area contributed by atoms with Crippen LogP contribution in [0.3, 0.4) is 0 Å². The summed E-state index contributed by atoms with van der Waals surface area (Å²) in [5.41, 5.74) is 0.680. The molecule has 0 spiro atoms. The van der Waals surface area contributed by atoms with Crippen molar-refractivity contribution in [1.29, 1.82) is 0 Å². The van der Waals surface area contributed by atoms with E-state index >= 15 is 0 Å². The van der Waals surface area contributed by atoms with Crippen LogP contribution in [0.5, 0.6) is 0 Å². The van der Waals surface area contributed by atoms with Crippen molar-refractivity contribution in [3.63, 3.8) is 0 Å². The second-order valence-corrected chi connectivity index (χ2v) is 9.08. The molecule has 2 aliphatic heterocycles. The molecule has 0 aromatic heterocycles. The van der Waals surface area contributed by atoms with Crippen LogP contribution in [0, 0.1) is 23.2 Å². The van der Waals surface area contributed by atoms with E-state index in [9.17, 15) is 0 Å². The maximum Gasteiger partial charge on any atom is 0.149 e. The quantitative estimate of drug-likeness (QED) is 0.532. The molecule has 0 aromatic carbocycles. The van der Waals surface area contributed by atoms with E-state index in [4.69, 9.17) is 0 Å². The highest BCUT2D eigenvalue weighted by atomic mass is 14.6. The molecule has 19 heavy (non-hydrogen) atoms. The highest BCUT2D eigenvalue weighted by Crippen LogP contribution is 2.67. The normalized spacial score (nSPS) is 51.6. The second-order valence-electron chi connectivity index (χ2n) is 9.08. The van der Waals surface area contributed by atoms with Gasteiger partial charge >= 0.3 is 0 Å². The highest BCUT2D eigenvalue weighted by molar-refractivity contribution is 6.64. The lowest BCUT2D eigenvalue weighted by Crippen LogP contribution is -2.57. The average molecular weight is 258 g/mol. The Labute approximate surface area is 120 Å². The number of fused-ring (bicyclic) bond motifs is 5. The Balaban J connectivity index is 1.57. The molecular formula is C18H31B. The topological polar surface area (TPSA) is 0 Å². The summed E-state index contributed by atoms with van der Waals surface area (Å²) >= 11 is 0. The van der Waals surface area contributed by atoms with Crippen molar-refractivity contribution in [3.8, 4) is 0 Å². The molecule has 3 saturated carbocycles. The Hall–Kier alpha value is 0.0649. The van der Waals surface area contributed by atoms with E-state index in [0.717, 1.165) is 41.9 Å². The Morgan fingerprint density at radius 3 is 1.95 bits per heavy atom. The third-order valence-electron chi connectivity index (χ3n) is 8.30. The van der Waals surface area contributed by atoms with Crippen LogP contribution < -0.4 is 0 Å². The van der Waals surface area contributed by atoms with E-state index in [2.05, 4.69) is 20.8 Å². The van der Waals surface area contributed by atoms with Crippen LogP contribution in [0.25, 0.3) is 0 Å². The molecule has 0 unspecified atom stereocenters. The zero-order chi connectivity index (χ0) is 13.2. The van der Waals surface area contributed by atoms with Crippen molar-refractivity contribution in [2.75, 3.05) is 0 Å². The van der Waals surface area contributed by atoms with Gasteiger partial charge in [-0.15, -0.1) is 0 Å². The molecule has 0 nitrogen and oxygen atoms in total. The monoisotopic (exact) mass is 258 g/mol. The van der Waals surface area contributed by atoms with Crippen LogP contribution in [0.15, 0.2) is 0 Å². The van der Waals surface area contributed by atoms with Crippen molar-refractivity contribution < 1.29 is 0 Å². The number of hydrogen-bond donors (Lipinski definition) is 0. The predicted molar refractivity (Wildman–Crippen MR) is 83.9 cm³/mol. The van der Waals surface area contributed by atoms with E-state index in [1.807, 2.05) is 0 Å².